The zero-order valence-corrected chi connectivity index (χ0v) is 9.19. The zero-order valence-electron chi connectivity index (χ0n) is 8.44. The van der Waals surface area contributed by atoms with Gasteiger partial charge in [0.15, 0.2) is 6.07 Å². The molecular weight excluding hydrogens is 236 g/mol. The Morgan fingerprint density at radius 1 is 1.25 bits per heavy atom. The summed E-state index contributed by atoms with van der Waals surface area (Å²) in [5, 5.41) is 0. The number of rotatable bonds is 3. The Kier molecular flexibility index (Phi) is 4.60. The first-order valence-corrected chi connectivity index (χ1v) is 4.79. The number of ether oxygens (including phenoxy) is 3. The van der Waals surface area contributed by atoms with Gasteiger partial charge in [-0.05, 0) is 24.3 Å². The van der Waals surface area contributed by atoms with Crippen molar-refractivity contribution in [2.45, 2.75) is 0 Å². The Labute approximate surface area is 96.9 Å². The molecule has 1 aromatic carbocycles. The SMILES string of the molecule is COC(=O)c1ccc(OC(=O)OCCl)cc1. The van der Waals surface area contributed by atoms with E-state index >= 15 is 0 Å². The van der Waals surface area contributed by atoms with Gasteiger partial charge in [-0.3, -0.25) is 0 Å². The molecule has 0 radical (unpaired) electrons. The normalized spacial score (nSPS) is 9.38. The van der Waals surface area contributed by atoms with Crippen LogP contribution in [0.3, 0.4) is 0 Å². The minimum atomic E-state index is -0.902. The van der Waals surface area contributed by atoms with Crippen LogP contribution in [0.25, 0.3) is 0 Å². The molecule has 0 N–H and O–H groups in total. The van der Waals surface area contributed by atoms with Crippen molar-refractivity contribution >= 4 is 23.7 Å². The number of alkyl halides is 1. The van der Waals surface area contributed by atoms with Crippen LogP contribution in [-0.4, -0.2) is 25.3 Å². The second-order valence-electron chi connectivity index (χ2n) is 2.62. The molecule has 6 heteroatoms. The molecule has 16 heavy (non-hydrogen) atoms. The predicted molar refractivity (Wildman–Crippen MR) is 55.6 cm³/mol. The molecule has 5 nitrogen and oxygen atoms in total. The standard InChI is InChI=1S/C10H9ClO5/c1-14-9(12)7-2-4-8(5-3-7)16-10(13)15-6-11/h2-5H,6H2,1H3. The van der Waals surface area contributed by atoms with Crippen LogP contribution < -0.4 is 4.74 Å². The molecule has 0 saturated carbocycles. The molecule has 0 amide bonds. The number of hydrogen-bond donors (Lipinski definition) is 0. The fourth-order valence-electron chi connectivity index (χ4n) is 0.947. The highest BCUT2D eigenvalue weighted by Gasteiger charge is 2.07. The van der Waals surface area contributed by atoms with Crippen LogP contribution in [0.15, 0.2) is 24.3 Å². The lowest BCUT2D eigenvalue weighted by Gasteiger charge is -2.03. The first kappa shape index (κ1) is 12.3. The largest absolute Gasteiger partial charge is 0.515 e. The zero-order chi connectivity index (χ0) is 12.0. The maximum absolute atomic E-state index is 11.1. The number of benzene rings is 1. The molecule has 0 fully saturated rings. The van der Waals surface area contributed by atoms with Crippen LogP contribution in [0, 0.1) is 0 Å². The smallest absolute Gasteiger partial charge is 0.465 e. The lowest BCUT2D eigenvalue weighted by atomic mass is 10.2. The van der Waals surface area contributed by atoms with E-state index in [2.05, 4.69) is 9.47 Å². The maximum Gasteiger partial charge on any atom is 0.515 e. The van der Waals surface area contributed by atoms with E-state index in [1.165, 1.54) is 31.4 Å². The highest BCUT2D eigenvalue weighted by molar-refractivity contribution is 6.17. The van der Waals surface area contributed by atoms with E-state index in [4.69, 9.17) is 16.3 Å². The summed E-state index contributed by atoms with van der Waals surface area (Å²) in [5.41, 5.74) is 0.362. The summed E-state index contributed by atoms with van der Waals surface area (Å²) in [7, 11) is 1.28. The third-order valence-electron chi connectivity index (χ3n) is 1.65. The van der Waals surface area contributed by atoms with Crippen LogP contribution >= 0.6 is 11.6 Å². The fourth-order valence-corrected chi connectivity index (χ4v) is 1.04. The van der Waals surface area contributed by atoms with E-state index in [-0.39, 0.29) is 11.8 Å². The Bertz CT molecular complexity index is 373. The first-order chi connectivity index (χ1) is 7.67. The molecule has 1 aromatic rings. The first-order valence-electron chi connectivity index (χ1n) is 4.26. The third-order valence-corrected chi connectivity index (χ3v) is 1.76. The quantitative estimate of drug-likeness (QED) is 0.463. The van der Waals surface area contributed by atoms with Gasteiger partial charge in [-0.2, -0.15) is 0 Å². The molecule has 0 aliphatic heterocycles. The fraction of sp³-hybridized carbons (Fsp3) is 0.200. The highest BCUT2D eigenvalue weighted by Crippen LogP contribution is 2.13. The van der Waals surface area contributed by atoms with Crippen molar-refractivity contribution in [2.24, 2.45) is 0 Å². The summed E-state index contributed by atoms with van der Waals surface area (Å²) in [6.07, 6.45) is -0.902. The summed E-state index contributed by atoms with van der Waals surface area (Å²) in [4.78, 5) is 21.9. The Morgan fingerprint density at radius 2 is 1.88 bits per heavy atom. The van der Waals surface area contributed by atoms with E-state index in [1.54, 1.807) is 0 Å². The van der Waals surface area contributed by atoms with Gasteiger partial charge < -0.3 is 14.2 Å². The van der Waals surface area contributed by atoms with Crippen molar-refractivity contribution in [1.82, 2.24) is 0 Å². The topological polar surface area (TPSA) is 61.8 Å². The van der Waals surface area contributed by atoms with Crippen molar-refractivity contribution < 1.29 is 23.8 Å². The van der Waals surface area contributed by atoms with E-state index in [1.807, 2.05) is 0 Å². The van der Waals surface area contributed by atoms with Gasteiger partial charge in [-0.1, -0.05) is 11.6 Å². The van der Waals surface area contributed by atoms with E-state index in [0.717, 1.165) is 0 Å². The number of carbonyl (C=O) groups is 2. The molecule has 0 unspecified atom stereocenters. The number of hydrogen-bond acceptors (Lipinski definition) is 5. The molecule has 0 aliphatic carbocycles. The summed E-state index contributed by atoms with van der Waals surface area (Å²) in [6.45, 7) is 0. The van der Waals surface area contributed by atoms with Crippen LogP contribution in [0.2, 0.25) is 0 Å². The van der Waals surface area contributed by atoms with Crippen LogP contribution in [0.5, 0.6) is 5.75 Å². The van der Waals surface area contributed by atoms with Crippen LogP contribution in [0.4, 0.5) is 4.79 Å². The Morgan fingerprint density at radius 3 is 2.38 bits per heavy atom. The van der Waals surface area contributed by atoms with E-state index in [0.29, 0.717) is 5.56 Å². The summed E-state index contributed by atoms with van der Waals surface area (Å²) in [6, 6.07) is 5.55. The third kappa shape index (κ3) is 3.43. The van der Waals surface area contributed by atoms with Crippen molar-refractivity contribution in [3.8, 4) is 5.75 Å². The molecule has 1 rings (SSSR count). The van der Waals surface area contributed by atoms with Gasteiger partial charge in [0, 0.05) is 0 Å². The van der Waals surface area contributed by atoms with Gasteiger partial charge in [-0.25, -0.2) is 9.59 Å². The molecule has 0 saturated heterocycles. The minimum absolute atomic E-state index is 0.253. The molecule has 0 bridgehead atoms. The lowest BCUT2D eigenvalue weighted by molar-refractivity contribution is 0.0600. The van der Waals surface area contributed by atoms with Gasteiger partial charge in [-0.15, -0.1) is 0 Å². The highest BCUT2D eigenvalue weighted by atomic mass is 35.5. The molecular formula is C10H9ClO5. The van der Waals surface area contributed by atoms with Gasteiger partial charge in [0.2, 0.25) is 0 Å². The van der Waals surface area contributed by atoms with E-state index < -0.39 is 12.1 Å². The van der Waals surface area contributed by atoms with Crippen molar-refractivity contribution in [3.63, 3.8) is 0 Å². The number of esters is 1. The molecule has 0 aliphatic rings. The average Bonchev–Trinajstić information content (AvgIpc) is 2.29. The monoisotopic (exact) mass is 244 g/mol. The van der Waals surface area contributed by atoms with Crippen molar-refractivity contribution in [3.05, 3.63) is 29.8 Å². The Balaban J connectivity index is 2.64. The van der Waals surface area contributed by atoms with Crippen LogP contribution in [0.1, 0.15) is 10.4 Å². The molecule has 86 valence electrons. The van der Waals surface area contributed by atoms with Gasteiger partial charge in [0.25, 0.3) is 0 Å². The summed E-state index contributed by atoms with van der Waals surface area (Å²) in [5.74, 6) is -0.211. The summed E-state index contributed by atoms with van der Waals surface area (Å²) < 4.78 is 13.6. The maximum atomic E-state index is 11.1. The van der Waals surface area contributed by atoms with Crippen LogP contribution in [-0.2, 0) is 9.47 Å². The second-order valence-corrected chi connectivity index (χ2v) is 2.84. The van der Waals surface area contributed by atoms with Gasteiger partial charge >= 0.3 is 12.1 Å². The minimum Gasteiger partial charge on any atom is -0.465 e. The van der Waals surface area contributed by atoms with Crippen molar-refractivity contribution in [2.75, 3.05) is 13.2 Å². The average molecular weight is 245 g/mol. The van der Waals surface area contributed by atoms with Crippen molar-refractivity contribution in [1.29, 1.82) is 0 Å². The molecule has 0 atom stereocenters. The molecule has 0 spiro atoms. The predicted octanol–water partition coefficient (Wildman–Crippen LogP) is 2.18. The van der Waals surface area contributed by atoms with E-state index in [9.17, 15) is 9.59 Å². The second kappa shape index (κ2) is 5.97. The van der Waals surface area contributed by atoms with Gasteiger partial charge in [0.1, 0.15) is 5.75 Å². The molecule has 0 heterocycles. The number of carbonyl (C=O) groups excluding carboxylic acids is 2. The number of halogens is 1. The van der Waals surface area contributed by atoms with Gasteiger partial charge in [0.05, 0.1) is 12.7 Å². The molecule has 0 aromatic heterocycles. The lowest BCUT2D eigenvalue weighted by Crippen LogP contribution is -2.09. The summed E-state index contributed by atoms with van der Waals surface area (Å²) >= 11 is 5.16. The number of methoxy groups -OCH3 is 1. The Hall–Kier alpha value is -1.75.